The van der Waals surface area contributed by atoms with E-state index in [9.17, 15) is 4.79 Å². The molecule has 1 aromatic heterocycles. The maximum atomic E-state index is 12.6. The molecule has 1 spiro atoms. The van der Waals surface area contributed by atoms with Gasteiger partial charge in [0, 0.05) is 17.0 Å². The van der Waals surface area contributed by atoms with E-state index in [0.29, 0.717) is 11.3 Å². The van der Waals surface area contributed by atoms with Crippen molar-refractivity contribution in [1.82, 2.24) is 15.6 Å². The average molecular weight is 305 g/mol. The first-order valence-corrected chi connectivity index (χ1v) is 8.93. The molecule has 2 atom stereocenters. The third-order valence-corrected chi connectivity index (χ3v) is 6.40. The van der Waals surface area contributed by atoms with E-state index >= 15 is 0 Å². The fraction of sp³-hybridized carbons (Fsp3) is 0.750. The van der Waals surface area contributed by atoms with Crippen molar-refractivity contribution >= 4 is 17.2 Å². The lowest BCUT2D eigenvalue weighted by Gasteiger charge is -2.24. The smallest absolute Gasteiger partial charge is 0.224 e. The van der Waals surface area contributed by atoms with Gasteiger partial charge < -0.3 is 10.6 Å². The summed E-state index contributed by atoms with van der Waals surface area (Å²) in [5.41, 5.74) is 0.322. The molecule has 1 aromatic rings. The van der Waals surface area contributed by atoms with Gasteiger partial charge in [-0.25, -0.2) is 4.98 Å². The Morgan fingerprint density at radius 1 is 1.48 bits per heavy atom. The maximum absolute atomic E-state index is 12.6. The molecule has 2 heterocycles. The summed E-state index contributed by atoms with van der Waals surface area (Å²) >= 11 is 1.73. The minimum absolute atomic E-state index is 0.163. The third-order valence-electron chi connectivity index (χ3n) is 5.40. The van der Waals surface area contributed by atoms with Crippen LogP contribution >= 0.6 is 11.3 Å². The Hall–Kier alpha value is -0.940. The normalized spacial score (nSPS) is 28.3. The minimum atomic E-state index is 0.163. The molecular weight excluding hydrogens is 282 g/mol. The van der Waals surface area contributed by atoms with E-state index < -0.39 is 0 Å². The number of carbonyl (C=O) groups excluding carboxylic acids is 1. The Morgan fingerprint density at radius 2 is 2.24 bits per heavy atom. The molecule has 1 amide bonds. The van der Waals surface area contributed by atoms with Gasteiger partial charge in [0.05, 0.1) is 6.04 Å². The van der Waals surface area contributed by atoms with Gasteiger partial charge in [-0.3, -0.25) is 4.79 Å². The molecule has 3 fully saturated rings. The Kier molecular flexibility index (Phi) is 3.30. The second kappa shape index (κ2) is 5.06. The Labute approximate surface area is 129 Å². The summed E-state index contributed by atoms with van der Waals surface area (Å²) in [6.45, 7) is 4.22. The summed E-state index contributed by atoms with van der Waals surface area (Å²) < 4.78 is 0. The molecule has 21 heavy (non-hydrogen) atoms. The Bertz CT molecular complexity index is 545. The summed E-state index contributed by atoms with van der Waals surface area (Å²) in [7, 11) is 0. The molecule has 0 radical (unpaired) electrons. The number of amides is 1. The molecular formula is C16H23N3OS. The van der Waals surface area contributed by atoms with Gasteiger partial charge in [0.25, 0.3) is 0 Å². The first kappa shape index (κ1) is 13.7. The highest BCUT2D eigenvalue weighted by atomic mass is 32.1. The van der Waals surface area contributed by atoms with Gasteiger partial charge >= 0.3 is 0 Å². The maximum Gasteiger partial charge on any atom is 0.224 e. The number of aromatic nitrogens is 1. The van der Waals surface area contributed by atoms with Crippen LogP contribution in [0.5, 0.6) is 0 Å². The lowest BCUT2D eigenvalue weighted by atomic mass is 9.91. The second-order valence-corrected chi connectivity index (χ2v) is 8.27. The zero-order chi connectivity index (χ0) is 14.4. The summed E-state index contributed by atoms with van der Waals surface area (Å²) in [5.74, 6) is 1.14. The largest absolute Gasteiger partial charge is 0.346 e. The van der Waals surface area contributed by atoms with E-state index in [4.69, 9.17) is 0 Å². The van der Waals surface area contributed by atoms with Crippen LogP contribution in [0, 0.1) is 24.2 Å². The van der Waals surface area contributed by atoms with E-state index in [-0.39, 0.29) is 17.9 Å². The SMILES string of the molecule is Cc1cnc(C(NC(=O)C2CC23CCNCC3)C2CC2)s1. The molecule has 114 valence electrons. The number of nitrogens with zero attached hydrogens (tertiary/aromatic N) is 1. The monoisotopic (exact) mass is 305 g/mol. The topological polar surface area (TPSA) is 54.0 Å². The number of rotatable bonds is 4. The number of nitrogens with one attached hydrogen (secondary N) is 2. The van der Waals surface area contributed by atoms with Gasteiger partial charge in [-0.2, -0.15) is 0 Å². The van der Waals surface area contributed by atoms with Crippen molar-refractivity contribution in [3.63, 3.8) is 0 Å². The predicted molar refractivity (Wildman–Crippen MR) is 83.1 cm³/mol. The molecule has 2 aliphatic carbocycles. The first-order chi connectivity index (χ1) is 10.2. The molecule has 0 aromatic carbocycles. The zero-order valence-electron chi connectivity index (χ0n) is 12.5. The minimum Gasteiger partial charge on any atom is -0.346 e. The van der Waals surface area contributed by atoms with Crippen molar-refractivity contribution in [3.05, 3.63) is 16.1 Å². The van der Waals surface area contributed by atoms with E-state index in [2.05, 4.69) is 22.5 Å². The van der Waals surface area contributed by atoms with Crippen molar-refractivity contribution < 1.29 is 4.79 Å². The lowest BCUT2D eigenvalue weighted by Crippen LogP contribution is -2.35. The van der Waals surface area contributed by atoms with Crippen LogP contribution < -0.4 is 10.6 Å². The standard InChI is InChI=1S/C16H23N3OS/c1-10-9-18-15(21-10)13(11-2-3-11)19-14(20)12-8-16(12)4-6-17-7-5-16/h9,11-13,17H,2-8H2,1H3,(H,19,20). The number of hydrogen-bond acceptors (Lipinski definition) is 4. The van der Waals surface area contributed by atoms with Gasteiger partial charge in [-0.15, -0.1) is 11.3 Å². The molecule has 3 aliphatic rings. The van der Waals surface area contributed by atoms with E-state index in [1.165, 1.54) is 17.7 Å². The summed E-state index contributed by atoms with van der Waals surface area (Å²) in [4.78, 5) is 18.4. The third kappa shape index (κ3) is 2.61. The van der Waals surface area contributed by atoms with Gasteiger partial charge in [0.15, 0.2) is 0 Å². The molecule has 1 aliphatic heterocycles. The van der Waals surface area contributed by atoms with Crippen LogP contribution in [0.25, 0.3) is 0 Å². The summed E-state index contributed by atoms with van der Waals surface area (Å²) in [5, 5.41) is 7.83. The molecule has 4 nitrogen and oxygen atoms in total. The van der Waals surface area contributed by atoms with E-state index in [0.717, 1.165) is 37.4 Å². The Morgan fingerprint density at radius 3 is 2.86 bits per heavy atom. The van der Waals surface area contributed by atoms with Gasteiger partial charge in [0.1, 0.15) is 5.01 Å². The van der Waals surface area contributed by atoms with Crippen LogP contribution in [-0.4, -0.2) is 24.0 Å². The molecule has 5 heteroatoms. The first-order valence-electron chi connectivity index (χ1n) is 8.11. The van der Waals surface area contributed by atoms with Gasteiger partial charge in [0.2, 0.25) is 5.91 Å². The van der Waals surface area contributed by atoms with E-state index in [1.54, 1.807) is 11.3 Å². The van der Waals surface area contributed by atoms with Crippen molar-refractivity contribution in [2.45, 2.75) is 45.1 Å². The summed E-state index contributed by atoms with van der Waals surface area (Å²) in [6.07, 6.45) is 7.79. The number of piperidine rings is 1. The van der Waals surface area contributed by atoms with Crippen LogP contribution in [0.2, 0.25) is 0 Å². The van der Waals surface area contributed by atoms with Gasteiger partial charge in [-0.1, -0.05) is 0 Å². The number of carbonyl (C=O) groups is 1. The fourth-order valence-electron chi connectivity index (χ4n) is 3.78. The van der Waals surface area contributed by atoms with Crippen molar-refractivity contribution in [1.29, 1.82) is 0 Å². The van der Waals surface area contributed by atoms with Crippen LogP contribution in [0.1, 0.15) is 48.0 Å². The van der Waals surface area contributed by atoms with Crippen molar-refractivity contribution in [2.24, 2.45) is 17.3 Å². The number of aryl methyl sites for hydroxylation is 1. The Balaban J connectivity index is 1.43. The number of thiazole rings is 1. The summed E-state index contributed by atoms with van der Waals surface area (Å²) in [6, 6.07) is 0.163. The molecule has 1 saturated heterocycles. The molecule has 2 saturated carbocycles. The molecule has 0 bridgehead atoms. The van der Waals surface area contributed by atoms with Crippen molar-refractivity contribution in [3.8, 4) is 0 Å². The molecule has 2 unspecified atom stereocenters. The lowest BCUT2D eigenvalue weighted by molar-refractivity contribution is -0.124. The highest BCUT2D eigenvalue weighted by Crippen LogP contribution is 2.59. The van der Waals surface area contributed by atoms with Crippen molar-refractivity contribution in [2.75, 3.05) is 13.1 Å². The average Bonchev–Trinajstić information content (AvgIpc) is 3.38. The van der Waals surface area contributed by atoms with Crippen LogP contribution in [-0.2, 0) is 4.79 Å². The number of hydrogen-bond donors (Lipinski definition) is 2. The predicted octanol–water partition coefficient (Wildman–Crippen LogP) is 2.41. The highest BCUT2D eigenvalue weighted by Gasteiger charge is 2.58. The van der Waals surface area contributed by atoms with Crippen LogP contribution in [0.4, 0.5) is 0 Å². The fourth-order valence-corrected chi connectivity index (χ4v) is 4.70. The second-order valence-electron chi connectivity index (χ2n) is 7.00. The zero-order valence-corrected chi connectivity index (χ0v) is 13.3. The van der Waals surface area contributed by atoms with Crippen LogP contribution in [0.15, 0.2) is 6.20 Å². The molecule has 4 rings (SSSR count). The highest BCUT2D eigenvalue weighted by molar-refractivity contribution is 7.11. The van der Waals surface area contributed by atoms with Gasteiger partial charge in [-0.05, 0) is 63.5 Å². The quantitative estimate of drug-likeness (QED) is 0.898. The van der Waals surface area contributed by atoms with E-state index in [1.807, 2.05) is 6.20 Å². The molecule has 2 N–H and O–H groups in total. The van der Waals surface area contributed by atoms with Crippen LogP contribution in [0.3, 0.4) is 0 Å².